The van der Waals surface area contributed by atoms with Crippen molar-refractivity contribution < 1.29 is 17.0 Å². The SMILES string of the molecule is CC(C)P(c1cc2ccccc2[cH-]1)C(C)C.[Cl][Ti][Cl].[c-]1cccc2c1Cc1ccccc1-2. The average Bonchev–Trinajstić information content (AvgIpc) is 3.35. The fraction of sp³-hybridized carbons (Fsp3) is 0.250. The number of hydrogen-bond acceptors (Lipinski definition) is 0. The van der Waals surface area contributed by atoms with Crippen molar-refractivity contribution in [2.75, 3.05) is 0 Å². The Balaban J connectivity index is 0.000000163. The summed E-state index contributed by atoms with van der Waals surface area (Å²) in [6.45, 7) is 9.40. The van der Waals surface area contributed by atoms with Crippen LogP contribution < -0.4 is 5.30 Å². The molecule has 0 bridgehead atoms. The zero-order valence-corrected chi connectivity index (χ0v) is 23.0. The summed E-state index contributed by atoms with van der Waals surface area (Å²) in [4.78, 5) is 0. The molecule has 0 fully saturated rings. The maximum absolute atomic E-state index is 4.89. The van der Waals surface area contributed by atoms with Crippen molar-refractivity contribution in [1.82, 2.24) is 0 Å². The van der Waals surface area contributed by atoms with Crippen molar-refractivity contribution in [2.24, 2.45) is 0 Å². The molecule has 0 aliphatic heterocycles. The molecular formula is C28H29Cl2PTi-2. The maximum Gasteiger partial charge on any atom is -0.0253 e. The summed E-state index contributed by atoms with van der Waals surface area (Å²) in [5, 5.41) is 4.36. The minimum absolute atomic E-state index is 0.0206. The fourth-order valence-electron chi connectivity index (χ4n) is 4.47. The molecule has 0 amide bonds. The summed E-state index contributed by atoms with van der Waals surface area (Å²) in [7, 11) is 9.76. The molecule has 32 heavy (non-hydrogen) atoms. The summed E-state index contributed by atoms with van der Waals surface area (Å²) in [6, 6.07) is 31.6. The van der Waals surface area contributed by atoms with Gasteiger partial charge >= 0.3 is 35.6 Å². The van der Waals surface area contributed by atoms with Crippen molar-refractivity contribution in [3.8, 4) is 11.1 Å². The van der Waals surface area contributed by atoms with E-state index in [1.807, 2.05) is 6.07 Å². The molecule has 1 aliphatic carbocycles. The van der Waals surface area contributed by atoms with Gasteiger partial charge < -0.3 is 0 Å². The van der Waals surface area contributed by atoms with Crippen LogP contribution in [0.25, 0.3) is 21.9 Å². The molecule has 0 nitrogen and oxygen atoms in total. The molecule has 0 N–H and O–H groups in total. The zero-order chi connectivity index (χ0) is 23.1. The van der Waals surface area contributed by atoms with Gasteiger partial charge in [0.15, 0.2) is 0 Å². The Morgan fingerprint density at radius 1 is 0.875 bits per heavy atom. The molecule has 0 atom stereocenters. The molecular weight excluding hydrogens is 486 g/mol. The Hall–Kier alpha value is -1.01. The molecule has 0 radical (unpaired) electrons. The summed E-state index contributed by atoms with van der Waals surface area (Å²) in [5.41, 5.74) is 7.05. The van der Waals surface area contributed by atoms with E-state index in [1.54, 1.807) is 5.30 Å². The van der Waals surface area contributed by atoms with Crippen molar-refractivity contribution in [1.29, 1.82) is 0 Å². The van der Waals surface area contributed by atoms with Gasteiger partial charge in [-0.05, 0) is 17.7 Å². The Labute approximate surface area is 211 Å². The summed E-state index contributed by atoms with van der Waals surface area (Å²) >= 11 is -0.556. The van der Waals surface area contributed by atoms with E-state index >= 15 is 0 Å². The quantitative estimate of drug-likeness (QED) is 0.128. The number of fused-ring (bicyclic) bond motifs is 4. The third kappa shape index (κ3) is 6.31. The second-order valence-corrected chi connectivity index (χ2v) is 14.4. The first kappa shape index (κ1) is 25.6. The smallest absolute Gasteiger partial charge is 0.0253 e. The van der Waals surface area contributed by atoms with Gasteiger partial charge in [0.2, 0.25) is 0 Å². The zero-order valence-electron chi connectivity index (χ0n) is 19.1. The molecule has 5 rings (SSSR count). The molecule has 0 saturated heterocycles. The second-order valence-electron chi connectivity index (χ2n) is 8.40. The Morgan fingerprint density at radius 3 is 2.19 bits per heavy atom. The molecule has 0 aromatic heterocycles. The van der Waals surface area contributed by atoms with Crippen LogP contribution in [0.5, 0.6) is 0 Å². The van der Waals surface area contributed by atoms with Gasteiger partial charge in [0.1, 0.15) is 0 Å². The van der Waals surface area contributed by atoms with E-state index in [1.165, 1.54) is 33.0 Å². The van der Waals surface area contributed by atoms with Crippen LogP contribution in [-0.2, 0) is 23.5 Å². The van der Waals surface area contributed by atoms with Crippen molar-refractivity contribution in [3.05, 3.63) is 96.1 Å². The van der Waals surface area contributed by atoms with E-state index < -0.39 is 17.0 Å². The average molecular weight is 515 g/mol. The van der Waals surface area contributed by atoms with Gasteiger partial charge in [-0.1, -0.05) is 77.1 Å². The number of halogens is 2. The molecule has 4 aromatic carbocycles. The van der Waals surface area contributed by atoms with Crippen molar-refractivity contribution >= 4 is 42.6 Å². The minimum Gasteiger partial charge on any atom is -0.179 e. The first-order valence-electron chi connectivity index (χ1n) is 10.9. The van der Waals surface area contributed by atoms with Gasteiger partial charge in [0.25, 0.3) is 0 Å². The van der Waals surface area contributed by atoms with Crippen LogP contribution in [0.3, 0.4) is 0 Å². The van der Waals surface area contributed by atoms with Gasteiger partial charge in [-0.2, -0.15) is 35.9 Å². The van der Waals surface area contributed by atoms with E-state index in [-0.39, 0.29) is 7.92 Å². The standard InChI is InChI=1S/C15H20P.C13H9.2ClH.Ti/c1-11(2)16(12(3)4)15-9-13-7-5-6-8-14(13)10-15;1-3-7-12-10(5-1)9-11-6-2-4-8-13(11)12;;;/h5-12H,1-4H3;1-5,7-8H,9H2;2*1H;/q2*-1;;;+2/p-2. The van der Waals surface area contributed by atoms with Crippen molar-refractivity contribution in [2.45, 2.75) is 45.4 Å². The predicted molar refractivity (Wildman–Crippen MR) is 142 cm³/mol. The third-order valence-electron chi connectivity index (χ3n) is 5.63. The first-order valence-corrected chi connectivity index (χ1v) is 16.7. The first-order chi connectivity index (χ1) is 15.5. The van der Waals surface area contributed by atoms with Gasteiger partial charge in [-0.15, -0.1) is 45.9 Å². The van der Waals surface area contributed by atoms with E-state index in [0.717, 1.165) is 17.7 Å². The van der Waals surface area contributed by atoms with Crippen LogP contribution in [0.2, 0.25) is 0 Å². The number of hydrogen-bond donors (Lipinski definition) is 0. The largest absolute Gasteiger partial charge is 0.179 e. The topological polar surface area (TPSA) is 0 Å². The predicted octanol–water partition coefficient (Wildman–Crippen LogP) is 8.92. The number of benzene rings is 3. The molecule has 0 heterocycles. The number of rotatable bonds is 3. The Morgan fingerprint density at radius 2 is 1.50 bits per heavy atom. The summed E-state index contributed by atoms with van der Waals surface area (Å²) < 4.78 is 0. The Bertz CT molecular complexity index is 1050. The van der Waals surface area contributed by atoms with Crippen LogP contribution in [-0.4, -0.2) is 11.3 Å². The van der Waals surface area contributed by atoms with Gasteiger partial charge in [-0.25, -0.2) is 0 Å². The molecule has 0 saturated carbocycles. The van der Waals surface area contributed by atoms with Crippen LogP contribution in [0.15, 0.2) is 78.9 Å². The molecule has 0 spiro atoms. The van der Waals surface area contributed by atoms with E-state index in [0.29, 0.717) is 0 Å². The van der Waals surface area contributed by atoms with Crippen LogP contribution in [0, 0.1) is 6.07 Å². The van der Waals surface area contributed by atoms with Gasteiger partial charge in [0.05, 0.1) is 0 Å². The summed E-state index contributed by atoms with van der Waals surface area (Å²) in [5.74, 6) is 0. The van der Waals surface area contributed by atoms with Crippen LogP contribution >= 0.6 is 26.5 Å². The van der Waals surface area contributed by atoms with E-state index in [9.17, 15) is 0 Å². The van der Waals surface area contributed by atoms with E-state index in [2.05, 4.69) is 107 Å². The monoisotopic (exact) mass is 514 g/mol. The molecule has 4 heteroatoms. The molecule has 1 aliphatic rings. The van der Waals surface area contributed by atoms with Crippen LogP contribution in [0.4, 0.5) is 0 Å². The second kappa shape index (κ2) is 12.5. The normalized spacial score (nSPS) is 11.5. The van der Waals surface area contributed by atoms with Gasteiger partial charge in [0, 0.05) is 0 Å². The molecule has 4 aromatic rings. The van der Waals surface area contributed by atoms with Gasteiger partial charge in [-0.3, -0.25) is 0 Å². The van der Waals surface area contributed by atoms with E-state index in [4.69, 9.17) is 18.6 Å². The summed E-state index contributed by atoms with van der Waals surface area (Å²) in [6.07, 6.45) is 1.05. The maximum atomic E-state index is 4.89. The van der Waals surface area contributed by atoms with Crippen molar-refractivity contribution in [3.63, 3.8) is 0 Å². The molecule has 166 valence electrons. The molecule has 0 unspecified atom stereocenters. The minimum atomic E-state index is -0.556. The third-order valence-corrected chi connectivity index (χ3v) is 8.71. The Kier molecular flexibility index (Phi) is 9.97. The fourth-order valence-corrected chi connectivity index (χ4v) is 7.43. The van der Waals surface area contributed by atoms with Crippen LogP contribution in [0.1, 0.15) is 38.8 Å².